The van der Waals surface area contributed by atoms with Gasteiger partial charge < -0.3 is 15.4 Å². The number of rotatable bonds is 6. The number of hydrogen-bond acceptors (Lipinski definition) is 4. The Labute approximate surface area is 171 Å². The smallest absolute Gasteiger partial charge is 0.326 e. The number of amides is 1. The highest BCUT2D eigenvalue weighted by Crippen LogP contribution is 2.28. The number of carbonyl (C=O) groups is 2. The number of thiazole rings is 1. The number of H-pyrrole nitrogens is 1. The molecule has 0 saturated heterocycles. The number of aliphatic carboxylic acids is 1. The maximum Gasteiger partial charge on any atom is 0.326 e. The highest BCUT2D eigenvalue weighted by atomic mass is 32.1. The second-order valence-corrected chi connectivity index (χ2v) is 7.73. The van der Waals surface area contributed by atoms with Crippen LogP contribution in [0.15, 0.2) is 60.8 Å². The second kappa shape index (κ2) is 7.89. The fourth-order valence-electron chi connectivity index (χ4n) is 3.26. The van der Waals surface area contributed by atoms with Crippen LogP contribution in [0.2, 0.25) is 0 Å². The molecule has 146 valence electrons. The van der Waals surface area contributed by atoms with E-state index in [0.717, 1.165) is 27.0 Å². The molecule has 0 saturated carbocycles. The average Bonchev–Trinajstić information content (AvgIpc) is 3.32. The van der Waals surface area contributed by atoms with Crippen molar-refractivity contribution in [3.63, 3.8) is 0 Å². The van der Waals surface area contributed by atoms with E-state index in [4.69, 9.17) is 0 Å². The number of carboxylic acids is 1. The van der Waals surface area contributed by atoms with Crippen molar-refractivity contribution >= 4 is 34.1 Å². The Hall–Kier alpha value is -3.45. The van der Waals surface area contributed by atoms with Crippen LogP contribution in [-0.2, 0) is 11.2 Å². The van der Waals surface area contributed by atoms with Crippen LogP contribution in [0.1, 0.15) is 20.9 Å². The Morgan fingerprint density at radius 2 is 1.86 bits per heavy atom. The molecule has 2 aromatic heterocycles. The van der Waals surface area contributed by atoms with Gasteiger partial charge in [-0.15, -0.1) is 11.3 Å². The van der Waals surface area contributed by atoms with Gasteiger partial charge in [-0.2, -0.15) is 0 Å². The number of benzene rings is 2. The maximum absolute atomic E-state index is 12.8. The maximum atomic E-state index is 12.8. The van der Waals surface area contributed by atoms with Gasteiger partial charge in [0.25, 0.3) is 5.91 Å². The number of para-hydroxylation sites is 1. The van der Waals surface area contributed by atoms with Crippen LogP contribution in [-0.4, -0.2) is 33.0 Å². The fourth-order valence-corrected chi connectivity index (χ4v) is 4.23. The van der Waals surface area contributed by atoms with Crippen LogP contribution >= 0.6 is 11.3 Å². The molecule has 1 unspecified atom stereocenters. The molecule has 29 heavy (non-hydrogen) atoms. The SMILES string of the molecule is Cc1nc(-c2ccccc2)sc1C(=O)NC(Cc1c[nH]c2ccccc12)C(=O)O. The van der Waals surface area contributed by atoms with Crippen LogP contribution in [0.3, 0.4) is 0 Å². The van der Waals surface area contributed by atoms with Crippen molar-refractivity contribution in [2.45, 2.75) is 19.4 Å². The number of nitrogens with one attached hydrogen (secondary N) is 2. The van der Waals surface area contributed by atoms with E-state index in [1.54, 1.807) is 13.1 Å². The summed E-state index contributed by atoms with van der Waals surface area (Å²) in [6, 6.07) is 16.2. The monoisotopic (exact) mass is 405 g/mol. The van der Waals surface area contributed by atoms with Crippen molar-refractivity contribution in [1.82, 2.24) is 15.3 Å². The molecule has 0 aliphatic rings. The van der Waals surface area contributed by atoms with Gasteiger partial charge in [0.1, 0.15) is 15.9 Å². The Bertz CT molecular complexity index is 1180. The van der Waals surface area contributed by atoms with Crippen LogP contribution in [0.5, 0.6) is 0 Å². The summed E-state index contributed by atoms with van der Waals surface area (Å²) >= 11 is 1.26. The van der Waals surface area contributed by atoms with Crippen molar-refractivity contribution in [2.24, 2.45) is 0 Å². The highest BCUT2D eigenvalue weighted by molar-refractivity contribution is 7.17. The lowest BCUT2D eigenvalue weighted by Gasteiger charge is -2.13. The molecule has 4 aromatic rings. The summed E-state index contributed by atoms with van der Waals surface area (Å²) < 4.78 is 0. The van der Waals surface area contributed by atoms with Gasteiger partial charge in [0.15, 0.2) is 0 Å². The van der Waals surface area contributed by atoms with E-state index in [0.29, 0.717) is 10.6 Å². The number of fused-ring (bicyclic) bond motifs is 1. The van der Waals surface area contributed by atoms with Crippen molar-refractivity contribution in [1.29, 1.82) is 0 Å². The Kier molecular flexibility index (Phi) is 5.14. The van der Waals surface area contributed by atoms with Gasteiger partial charge >= 0.3 is 5.97 Å². The standard InChI is InChI=1S/C22H19N3O3S/c1-13-19(29-21(24-13)14-7-3-2-4-8-14)20(26)25-18(22(27)28)11-15-12-23-17-10-6-5-9-16(15)17/h2-10,12,18,23H,11H2,1H3,(H,25,26)(H,27,28). The van der Waals surface area contributed by atoms with Crippen molar-refractivity contribution in [3.8, 4) is 10.6 Å². The van der Waals surface area contributed by atoms with Gasteiger partial charge in [-0.1, -0.05) is 48.5 Å². The first-order valence-corrected chi connectivity index (χ1v) is 9.96. The van der Waals surface area contributed by atoms with Gasteiger partial charge in [-0.05, 0) is 18.6 Å². The number of carboxylic acid groups (broad SMARTS) is 1. The summed E-state index contributed by atoms with van der Waals surface area (Å²) in [7, 11) is 0. The van der Waals surface area contributed by atoms with E-state index >= 15 is 0 Å². The summed E-state index contributed by atoms with van der Waals surface area (Å²) in [6.07, 6.45) is 1.98. The topological polar surface area (TPSA) is 95.1 Å². The molecule has 4 rings (SSSR count). The Balaban J connectivity index is 1.55. The Morgan fingerprint density at radius 3 is 2.62 bits per heavy atom. The number of carbonyl (C=O) groups excluding carboxylic acids is 1. The number of aromatic nitrogens is 2. The third kappa shape index (κ3) is 3.90. The van der Waals surface area contributed by atoms with Crippen LogP contribution in [0.25, 0.3) is 21.5 Å². The third-order valence-corrected chi connectivity index (χ3v) is 5.93. The molecule has 0 aliphatic heterocycles. The normalized spacial score (nSPS) is 12.0. The lowest BCUT2D eigenvalue weighted by Crippen LogP contribution is -2.42. The number of aryl methyl sites for hydroxylation is 1. The minimum Gasteiger partial charge on any atom is -0.480 e. The molecule has 0 aliphatic carbocycles. The lowest BCUT2D eigenvalue weighted by atomic mass is 10.0. The van der Waals surface area contributed by atoms with Crippen LogP contribution in [0.4, 0.5) is 0 Å². The van der Waals surface area contributed by atoms with E-state index < -0.39 is 17.9 Å². The van der Waals surface area contributed by atoms with Gasteiger partial charge in [0.05, 0.1) is 5.69 Å². The highest BCUT2D eigenvalue weighted by Gasteiger charge is 2.25. The van der Waals surface area contributed by atoms with Crippen LogP contribution in [0, 0.1) is 6.92 Å². The predicted molar refractivity (Wildman–Crippen MR) is 113 cm³/mol. The van der Waals surface area contributed by atoms with Gasteiger partial charge in [0, 0.05) is 29.1 Å². The molecule has 0 radical (unpaired) electrons. The fraction of sp³-hybridized carbons (Fsp3) is 0.136. The lowest BCUT2D eigenvalue weighted by molar-refractivity contribution is -0.139. The molecule has 7 heteroatoms. The quantitative estimate of drug-likeness (QED) is 0.451. The van der Waals surface area contributed by atoms with E-state index in [1.807, 2.05) is 54.6 Å². The largest absolute Gasteiger partial charge is 0.480 e. The van der Waals surface area contributed by atoms with Crippen molar-refractivity contribution in [3.05, 3.63) is 76.9 Å². The van der Waals surface area contributed by atoms with E-state index in [2.05, 4.69) is 15.3 Å². The number of aromatic amines is 1. The van der Waals surface area contributed by atoms with E-state index in [9.17, 15) is 14.7 Å². The second-order valence-electron chi connectivity index (χ2n) is 6.73. The summed E-state index contributed by atoms with van der Waals surface area (Å²) in [5, 5.41) is 14.0. The molecule has 3 N–H and O–H groups in total. The molecule has 1 amide bonds. The van der Waals surface area contributed by atoms with Crippen LogP contribution < -0.4 is 5.32 Å². The van der Waals surface area contributed by atoms with Gasteiger partial charge in [-0.3, -0.25) is 4.79 Å². The van der Waals surface area contributed by atoms with Gasteiger partial charge in [-0.25, -0.2) is 9.78 Å². The van der Waals surface area contributed by atoms with E-state index in [-0.39, 0.29) is 6.42 Å². The summed E-state index contributed by atoms with van der Waals surface area (Å²) in [4.78, 5) is 32.6. The molecule has 0 bridgehead atoms. The third-order valence-electron chi connectivity index (χ3n) is 4.73. The van der Waals surface area contributed by atoms with Crippen molar-refractivity contribution < 1.29 is 14.7 Å². The number of hydrogen-bond donors (Lipinski definition) is 3. The first-order chi connectivity index (χ1) is 14.0. The Morgan fingerprint density at radius 1 is 1.14 bits per heavy atom. The zero-order valence-corrected chi connectivity index (χ0v) is 16.5. The zero-order valence-electron chi connectivity index (χ0n) is 15.7. The number of nitrogens with zero attached hydrogens (tertiary/aromatic N) is 1. The minimum atomic E-state index is -1.07. The molecule has 1 atom stereocenters. The molecular formula is C22H19N3O3S. The van der Waals surface area contributed by atoms with Crippen molar-refractivity contribution in [2.75, 3.05) is 0 Å². The summed E-state index contributed by atoms with van der Waals surface area (Å²) in [5.41, 5.74) is 3.29. The molecule has 0 fully saturated rings. The summed E-state index contributed by atoms with van der Waals surface area (Å²) in [6.45, 7) is 1.76. The zero-order chi connectivity index (χ0) is 20.4. The average molecular weight is 405 g/mol. The molecular weight excluding hydrogens is 386 g/mol. The summed E-state index contributed by atoms with van der Waals surface area (Å²) in [5.74, 6) is -1.50. The predicted octanol–water partition coefficient (Wildman–Crippen LogP) is 4.03. The molecule has 0 spiro atoms. The first-order valence-electron chi connectivity index (χ1n) is 9.14. The van der Waals surface area contributed by atoms with E-state index in [1.165, 1.54) is 11.3 Å². The van der Waals surface area contributed by atoms with Gasteiger partial charge in [0.2, 0.25) is 0 Å². The molecule has 6 nitrogen and oxygen atoms in total. The molecule has 2 aromatic carbocycles. The first kappa shape index (κ1) is 18.9. The molecule has 2 heterocycles. The minimum absolute atomic E-state index is 0.189.